The molecule has 150 valence electrons. The molecule has 0 radical (unpaired) electrons. The van der Waals surface area contributed by atoms with Crippen LogP contribution >= 0.6 is 11.8 Å². The summed E-state index contributed by atoms with van der Waals surface area (Å²) in [5.41, 5.74) is 1.48. The predicted octanol–water partition coefficient (Wildman–Crippen LogP) is 3.07. The third-order valence-corrected chi connectivity index (χ3v) is 5.21. The molecule has 0 saturated heterocycles. The van der Waals surface area contributed by atoms with Crippen molar-refractivity contribution < 1.29 is 9.59 Å². The Morgan fingerprint density at radius 1 is 1.14 bits per heavy atom. The highest BCUT2D eigenvalue weighted by Crippen LogP contribution is 2.21. The Morgan fingerprint density at radius 3 is 2.62 bits per heavy atom. The van der Waals surface area contributed by atoms with E-state index in [0.29, 0.717) is 27.3 Å². The molecule has 0 aliphatic rings. The number of aromatic nitrogens is 2. The summed E-state index contributed by atoms with van der Waals surface area (Å²) in [5.74, 6) is -0.389. The van der Waals surface area contributed by atoms with Gasteiger partial charge in [-0.15, -0.1) is 0 Å². The highest BCUT2D eigenvalue weighted by atomic mass is 32.2. The van der Waals surface area contributed by atoms with Crippen molar-refractivity contribution in [1.29, 1.82) is 0 Å². The summed E-state index contributed by atoms with van der Waals surface area (Å²) < 4.78 is 1.60. The zero-order valence-electron chi connectivity index (χ0n) is 16.4. The Labute approximate surface area is 172 Å². The lowest BCUT2D eigenvalue weighted by Gasteiger charge is -2.16. The Hall–Kier alpha value is -3.13. The van der Waals surface area contributed by atoms with Crippen LogP contribution in [0.4, 0.5) is 5.69 Å². The number of para-hydroxylation sites is 1. The smallest absolute Gasteiger partial charge is 0.262 e. The van der Waals surface area contributed by atoms with Gasteiger partial charge in [0.1, 0.15) is 0 Å². The van der Waals surface area contributed by atoms with Gasteiger partial charge >= 0.3 is 0 Å². The minimum absolute atomic E-state index is 0.0850. The van der Waals surface area contributed by atoms with Crippen molar-refractivity contribution >= 4 is 40.2 Å². The summed E-state index contributed by atoms with van der Waals surface area (Å²) in [6, 6.07) is 13.8. The molecule has 7 nitrogen and oxygen atoms in total. The van der Waals surface area contributed by atoms with E-state index in [0.717, 1.165) is 0 Å². The van der Waals surface area contributed by atoms with Crippen molar-refractivity contribution in [2.75, 3.05) is 18.1 Å². The molecule has 0 bridgehead atoms. The Bertz CT molecular complexity index is 1120. The molecule has 0 aliphatic carbocycles. The number of amides is 2. The second kappa shape index (κ2) is 8.91. The van der Waals surface area contributed by atoms with E-state index in [1.165, 1.54) is 11.8 Å². The molecule has 2 aromatic carbocycles. The first-order valence-corrected chi connectivity index (χ1v) is 10.2. The summed E-state index contributed by atoms with van der Waals surface area (Å²) in [7, 11) is 1.55. The Morgan fingerprint density at radius 2 is 1.90 bits per heavy atom. The minimum atomic E-state index is -0.248. The fourth-order valence-corrected chi connectivity index (χ4v) is 3.82. The van der Waals surface area contributed by atoms with E-state index < -0.39 is 0 Å². The van der Waals surface area contributed by atoms with E-state index in [-0.39, 0.29) is 29.2 Å². The SMILES string of the molecule is CNC(=O)c1cccc(NC(=O)CSc2nc3ccccc3c(=O)n2C(C)C)c1. The summed E-state index contributed by atoms with van der Waals surface area (Å²) >= 11 is 1.21. The highest BCUT2D eigenvalue weighted by Gasteiger charge is 2.15. The van der Waals surface area contributed by atoms with Crippen molar-refractivity contribution in [1.82, 2.24) is 14.9 Å². The van der Waals surface area contributed by atoms with Crippen LogP contribution in [-0.2, 0) is 4.79 Å². The zero-order valence-corrected chi connectivity index (χ0v) is 17.2. The number of hydrogen-bond acceptors (Lipinski definition) is 5. The number of nitrogens with one attached hydrogen (secondary N) is 2. The molecule has 2 amide bonds. The van der Waals surface area contributed by atoms with Gasteiger partial charge in [0.25, 0.3) is 11.5 Å². The maximum Gasteiger partial charge on any atom is 0.262 e. The van der Waals surface area contributed by atoms with Crippen molar-refractivity contribution in [3.05, 3.63) is 64.4 Å². The lowest BCUT2D eigenvalue weighted by atomic mass is 10.2. The third-order valence-electron chi connectivity index (χ3n) is 4.26. The Kier molecular flexibility index (Phi) is 6.33. The van der Waals surface area contributed by atoms with Crippen molar-refractivity contribution in [2.24, 2.45) is 0 Å². The van der Waals surface area contributed by atoms with E-state index in [4.69, 9.17) is 0 Å². The van der Waals surface area contributed by atoms with Crippen LogP contribution < -0.4 is 16.2 Å². The molecule has 0 aliphatic heterocycles. The summed E-state index contributed by atoms with van der Waals surface area (Å²) in [4.78, 5) is 41.6. The second-order valence-electron chi connectivity index (χ2n) is 6.68. The van der Waals surface area contributed by atoms with Gasteiger partial charge in [0, 0.05) is 24.3 Å². The van der Waals surface area contributed by atoms with Crippen LogP contribution in [0.25, 0.3) is 10.9 Å². The second-order valence-corrected chi connectivity index (χ2v) is 7.62. The molecule has 0 saturated carbocycles. The van der Waals surface area contributed by atoms with Gasteiger partial charge in [-0.1, -0.05) is 30.0 Å². The maximum atomic E-state index is 12.8. The molecule has 0 spiro atoms. The average Bonchev–Trinajstić information content (AvgIpc) is 2.71. The van der Waals surface area contributed by atoms with Crippen LogP contribution in [0.3, 0.4) is 0 Å². The molecule has 1 aromatic heterocycles. The maximum absolute atomic E-state index is 12.8. The Balaban J connectivity index is 1.78. The minimum Gasteiger partial charge on any atom is -0.355 e. The molecular weight excluding hydrogens is 388 g/mol. The van der Waals surface area contributed by atoms with Gasteiger partial charge in [-0.05, 0) is 44.2 Å². The molecule has 29 heavy (non-hydrogen) atoms. The van der Waals surface area contributed by atoms with Crippen molar-refractivity contribution in [3.63, 3.8) is 0 Å². The molecule has 0 atom stereocenters. The largest absolute Gasteiger partial charge is 0.355 e. The van der Waals surface area contributed by atoms with Crippen LogP contribution in [0, 0.1) is 0 Å². The van der Waals surface area contributed by atoms with Crippen LogP contribution in [0.1, 0.15) is 30.2 Å². The number of carbonyl (C=O) groups excluding carboxylic acids is 2. The molecule has 3 rings (SSSR count). The molecule has 3 aromatic rings. The number of hydrogen-bond donors (Lipinski definition) is 2. The quantitative estimate of drug-likeness (QED) is 0.481. The van der Waals surface area contributed by atoms with Gasteiger partial charge < -0.3 is 10.6 Å². The first kappa shape index (κ1) is 20.6. The lowest BCUT2D eigenvalue weighted by Crippen LogP contribution is -2.25. The number of rotatable bonds is 6. The van der Waals surface area contributed by atoms with Gasteiger partial charge in [0.05, 0.1) is 16.7 Å². The van der Waals surface area contributed by atoms with E-state index >= 15 is 0 Å². The number of nitrogens with zero attached hydrogens (tertiary/aromatic N) is 2. The molecule has 0 unspecified atom stereocenters. The van der Waals surface area contributed by atoms with Gasteiger partial charge in [-0.25, -0.2) is 4.98 Å². The summed E-state index contributed by atoms with van der Waals surface area (Å²) in [6.45, 7) is 3.82. The number of benzene rings is 2. The first-order chi connectivity index (χ1) is 13.9. The fourth-order valence-electron chi connectivity index (χ4n) is 2.89. The lowest BCUT2D eigenvalue weighted by molar-refractivity contribution is -0.113. The van der Waals surface area contributed by atoms with Crippen LogP contribution in [0.15, 0.2) is 58.5 Å². The molecular formula is C21H22N4O3S. The molecule has 0 fully saturated rings. The number of carbonyl (C=O) groups is 2. The molecule has 8 heteroatoms. The summed E-state index contributed by atoms with van der Waals surface area (Å²) in [6.07, 6.45) is 0. The third kappa shape index (κ3) is 4.65. The van der Waals surface area contributed by atoms with E-state index in [1.54, 1.807) is 48.0 Å². The fraction of sp³-hybridized carbons (Fsp3) is 0.238. The molecule has 1 heterocycles. The van der Waals surface area contributed by atoms with E-state index in [9.17, 15) is 14.4 Å². The van der Waals surface area contributed by atoms with Gasteiger partial charge in [-0.3, -0.25) is 19.0 Å². The van der Waals surface area contributed by atoms with Gasteiger partial charge in [-0.2, -0.15) is 0 Å². The van der Waals surface area contributed by atoms with E-state index in [2.05, 4.69) is 15.6 Å². The van der Waals surface area contributed by atoms with Crippen LogP contribution in [0.5, 0.6) is 0 Å². The average molecular weight is 410 g/mol. The van der Waals surface area contributed by atoms with Crippen LogP contribution in [-0.4, -0.2) is 34.2 Å². The number of thioether (sulfide) groups is 1. The van der Waals surface area contributed by atoms with Gasteiger partial charge in [0.2, 0.25) is 5.91 Å². The normalized spacial score (nSPS) is 10.9. The monoisotopic (exact) mass is 410 g/mol. The van der Waals surface area contributed by atoms with Crippen molar-refractivity contribution in [2.45, 2.75) is 25.0 Å². The highest BCUT2D eigenvalue weighted by molar-refractivity contribution is 7.99. The van der Waals surface area contributed by atoms with Crippen molar-refractivity contribution in [3.8, 4) is 0 Å². The number of fused-ring (bicyclic) bond motifs is 1. The zero-order chi connectivity index (χ0) is 21.0. The number of anilines is 1. The predicted molar refractivity (Wildman–Crippen MR) is 116 cm³/mol. The molecule has 2 N–H and O–H groups in total. The summed E-state index contributed by atoms with van der Waals surface area (Å²) in [5, 5.41) is 6.38. The van der Waals surface area contributed by atoms with Crippen LogP contribution in [0.2, 0.25) is 0 Å². The first-order valence-electron chi connectivity index (χ1n) is 9.16. The van der Waals surface area contributed by atoms with E-state index in [1.807, 2.05) is 26.0 Å². The topological polar surface area (TPSA) is 93.1 Å². The van der Waals surface area contributed by atoms with Gasteiger partial charge in [0.15, 0.2) is 5.16 Å². The standard InChI is InChI=1S/C21H22N4O3S/c1-13(2)25-20(28)16-9-4-5-10-17(16)24-21(25)29-12-18(26)23-15-8-6-7-14(11-15)19(27)22-3/h4-11,13H,12H2,1-3H3,(H,22,27)(H,23,26).